The Bertz CT molecular complexity index is 884. The standard InChI is InChI=1S/C23H29N3O3S/c1-28-17-9-10-18-22(16-17)30-21(23(27)24-18)8-5-11-25-12-14-26(15-13-25)19-6-3-4-7-20(19)29-2/h3-4,6-7,9-10,16,21H,5,8,11-15H2,1-2H3,(H,24,27). The highest BCUT2D eigenvalue weighted by Gasteiger charge is 2.27. The Labute approximate surface area is 182 Å². The van der Waals surface area contributed by atoms with Crippen molar-refractivity contribution >= 4 is 29.0 Å². The Kier molecular flexibility index (Phi) is 6.69. The number of anilines is 2. The van der Waals surface area contributed by atoms with Crippen LogP contribution in [0.3, 0.4) is 0 Å². The van der Waals surface area contributed by atoms with Crippen molar-refractivity contribution in [2.24, 2.45) is 0 Å². The van der Waals surface area contributed by atoms with Crippen LogP contribution < -0.4 is 19.7 Å². The molecule has 0 aliphatic carbocycles. The fraction of sp³-hybridized carbons (Fsp3) is 0.435. The quantitative estimate of drug-likeness (QED) is 0.727. The number of benzene rings is 2. The highest BCUT2D eigenvalue weighted by atomic mass is 32.2. The van der Waals surface area contributed by atoms with Gasteiger partial charge >= 0.3 is 0 Å². The Morgan fingerprint density at radius 2 is 1.87 bits per heavy atom. The van der Waals surface area contributed by atoms with Gasteiger partial charge < -0.3 is 19.7 Å². The monoisotopic (exact) mass is 427 g/mol. The van der Waals surface area contributed by atoms with Crippen molar-refractivity contribution in [3.8, 4) is 11.5 Å². The second-order valence-corrected chi connectivity index (χ2v) is 8.85. The summed E-state index contributed by atoms with van der Waals surface area (Å²) in [5.41, 5.74) is 2.05. The van der Waals surface area contributed by atoms with Gasteiger partial charge in [-0.1, -0.05) is 12.1 Å². The summed E-state index contributed by atoms with van der Waals surface area (Å²) >= 11 is 1.65. The molecule has 2 aromatic carbocycles. The molecule has 1 fully saturated rings. The molecule has 0 aromatic heterocycles. The first-order valence-electron chi connectivity index (χ1n) is 10.4. The highest BCUT2D eigenvalue weighted by molar-refractivity contribution is 8.01. The first kappa shape index (κ1) is 20.9. The van der Waals surface area contributed by atoms with E-state index in [0.29, 0.717) is 0 Å². The average Bonchev–Trinajstić information content (AvgIpc) is 2.79. The van der Waals surface area contributed by atoms with Gasteiger partial charge in [-0.15, -0.1) is 11.8 Å². The summed E-state index contributed by atoms with van der Waals surface area (Å²) < 4.78 is 10.8. The van der Waals surface area contributed by atoms with E-state index >= 15 is 0 Å². The third-order valence-corrected chi connectivity index (χ3v) is 7.07. The number of carbonyl (C=O) groups is 1. The average molecular weight is 428 g/mol. The molecule has 1 unspecified atom stereocenters. The van der Waals surface area contributed by atoms with Crippen LogP contribution in [-0.2, 0) is 4.79 Å². The van der Waals surface area contributed by atoms with Gasteiger partial charge in [-0.05, 0) is 49.7 Å². The second kappa shape index (κ2) is 9.62. The van der Waals surface area contributed by atoms with E-state index in [0.717, 1.165) is 67.6 Å². The van der Waals surface area contributed by atoms with Gasteiger partial charge in [0, 0.05) is 31.1 Å². The molecule has 1 amide bonds. The van der Waals surface area contributed by atoms with Crippen LogP contribution in [0.2, 0.25) is 0 Å². The lowest BCUT2D eigenvalue weighted by atomic mass is 10.1. The minimum atomic E-state index is -0.0422. The maximum atomic E-state index is 12.5. The van der Waals surface area contributed by atoms with E-state index in [1.54, 1.807) is 26.0 Å². The van der Waals surface area contributed by atoms with Crippen LogP contribution >= 0.6 is 11.8 Å². The lowest BCUT2D eigenvalue weighted by Crippen LogP contribution is -2.46. The number of carbonyl (C=O) groups excluding carboxylic acids is 1. The molecular formula is C23H29N3O3S. The molecule has 2 aromatic rings. The zero-order valence-corrected chi connectivity index (χ0v) is 18.4. The highest BCUT2D eigenvalue weighted by Crippen LogP contribution is 2.39. The molecular weight excluding hydrogens is 398 g/mol. The number of nitrogens with one attached hydrogen (secondary N) is 1. The smallest absolute Gasteiger partial charge is 0.237 e. The van der Waals surface area contributed by atoms with Crippen LogP contribution in [0.15, 0.2) is 47.4 Å². The SMILES string of the molecule is COc1ccc2c(c1)SC(CCCN1CCN(c3ccccc3OC)CC1)C(=O)N2. The molecule has 0 radical (unpaired) electrons. The van der Waals surface area contributed by atoms with Gasteiger partial charge in [-0.3, -0.25) is 9.69 Å². The van der Waals surface area contributed by atoms with Crippen LogP contribution in [0.1, 0.15) is 12.8 Å². The lowest BCUT2D eigenvalue weighted by molar-refractivity contribution is -0.116. The second-order valence-electron chi connectivity index (χ2n) is 7.60. The molecule has 30 heavy (non-hydrogen) atoms. The number of fused-ring (bicyclic) bond motifs is 1. The van der Waals surface area contributed by atoms with Gasteiger partial charge in [0.2, 0.25) is 5.91 Å². The number of rotatable bonds is 7. The first-order chi connectivity index (χ1) is 14.7. The minimum absolute atomic E-state index is 0.0422. The van der Waals surface area contributed by atoms with Gasteiger partial charge in [-0.25, -0.2) is 0 Å². The van der Waals surface area contributed by atoms with E-state index in [1.807, 2.05) is 30.3 Å². The van der Waals surface area contributed by atoms with E-state index in [1.165, 1.54) is 5.69 Å². The van der Waals surface area contributed by atoms with Crippen molar-refractivity contribution in [1.29, 1.82) is 0 Å². The molecule has 2 aliphatic rings. The maximum absolute atomic E-state index is 12.5. The summed E-state index contributed by atoms with van der Waals surface area (Å²) in [5, 5.41) is 2.99. The summed E-state index contributed by atoms with van der Waals surface area (Å²) in [6.45, 7) is 5.07. The number of thioether (sulfide) groups is 1. The fourth-order valence-electron chi connectivity index (χ4n) is 4.04. The molecule has 0 bridgehead atoms. The Morgan fingerprint density at radius 3 is 2.63 bits per heavy atom. The van der Waals surface area contributed by atoms with E-state index < -0.39 is 0 Å². The molecule has 1 atom stereocenters. The van der Waals surface area contributed by atoms with Crippen molar-refractivity contribution in [2.45, 2.75) is 23.0 Å². The first-order valence-corrected chi connectivity index (χ1v) is 11.3. The zero-order chi connectivity index (χ0) is 20.9. The third-order valence-electron chi connectivity index (χ3n) is 5.75. The number of methoxy groups -OCH3 is 2. The van der Waals surface area contributed by atoms with E-state index in [-0.39, 0.29) is 11.2 Å². The number of hydrogen-bond donors (Lipinski definition) is 1. The number of nitrogens with zero attached hydrogens (tertiary/aromatic N) is 2. The Balaban J connectivity index is 1.25. The van der Waals surface area contributed by atoms with E-state index in [4.69, 9.17) is 9.47 Å². The molecule has 7 heteroatoms. The summed E-state index contributed by atoms with van der Waals surface area (Å²) in [7, 11) is 3.39. The van der Waals surface area contributed by atoms with Crippen molar-refractivity contribution in [3.05, 3.63) is 42.5 Å². The summed E-state index contributed by atoms with van der Waals surface area (Å²) in [6, 6.07) is 14.0. The summed E-state index contributed by atoms with van der Waals surface area (Å²) in [4.78, 5) is 18.4. The van der Waals surface area contributed by atoms with Crippen molar-refractivity contribution in [2.75, 3.05) is 57.2 Å². The van der Waals surface area contributed by atoms with Crippen LogP contribution in [-0.4, -0.2) is 63.0 Å². The molecule has 4 rings (SSSR count). The largest absolute Gasteiger partial charge is 0.497 e. The molecule has 2 aliphatic heterocycles. The van der Waals surface area contributed by atoms with Crippen LogP contribution in [0.4, 0.5) is 11.4 Å². The van der Waals surface area contributed by atoms with Crippen LogP contribution in [0.5, 0.6) is 11.5 Å². The van der Waals surface area contributed by atoms with Crippen molar-refractivity contribution in [3.63, 3.8) is 0 Å². The Hall–Kier alpha value is -2.38. The molecule has 2 heterocycles. The predicted octanol–water partition coefficient (Wildman–Crippen LogP) is 3.72. The molecule has 1 saturated heterocycles. The van der Waals surface area contributed by atoms with Crippen molar-refractivity contribution in [1.82, 2.24) is 4.90 Å². The van der Waals surface area contributed by atoms with Crippen LogP contribution in [0, 0.1) is 0 Å². The normalized spacial score (nSPS) is 19.2. The molecule has 160 valence electrons. The zero-order valence-electron chi connectivity index (χ0n) is 17.6. The predicted molar refractivity (Wildman–Crippen MR) is 122 cm³/mol. The van der Waals surface area contributed by atoms with Gasteiger partial charge in [0.05, 0.1) is 30.8 Å². The number of ether oxygens (including phenoxy) is 2. The van der Waals surface area contributed by atoms with Crippen molar-refractivity contribution < 1.29 is 14.3 Å². The van der Waals surface area contributed by atoms with E-state index in [9.17, 15) is 4.79 Å². The molecule has 6 nitrogen and oxygen atoms in total. The third kappa shape index (κ3) is 4.68. The Morgan fingerprint density at radius 1 is 1.07 bits per heavy atom. The number of para-hydroxylation sites is 2. The topological polar surface area (TPSA) is 54.0 Å². The lowest BCUT2D eigenvalue weighted by Gasteiger charge is -2.36. The number of piperazine rings is 1. The summed E-state index contributed by atoms with van der Waals surface area (Å²) in [5.74, 6) is 1.87. The van der Waals surface area contributed by atoms with Crippen LogP contribution in [0.25, 0.3) is 0 Å². The maximum Gasteiger partial charge on any atom is 0.237 e. The fourth-order valence-corrected chi connectivity index (χ4v) is 5.23. The van der Waals surface area contributed by atoms with E-state index in [2.05, 4.69) is 27.2 Å². The molecule has 0 saturated carbocycles. The number of amides is 1. The molecule has 0 spiro atoms. The molecule has 1 N–H and O–H groups in total. The van der Waals surface area contributed by atoms with Gasteiger partial charge in [-0.2, -0.15) is 0 Å². The number of hydrogen-bond acceptors (Lipinski definition) is 6. The van der Waals surface area contributed by atoms with Gasteiger partial charge in [0.1, 0.15) is 11.5 Å². The summed E-state index contributed by atoms with van der Waals surface area (Å²) in [6.07, 6.45) is 1.89. The minimum Gasteiger partial charge on any atom is -0.497 e. The van der Waals surface area contributed by atoms with Gasteiger partial charge in [0.25, 0.3) is 0 Å². The van der Waals surface area contributed by atoms with Gasteiger partial charge in [0.15, 0.2) is 0 Å².